The van der Waals surface area contributed by atoms with Gasteiger partial charge in [-0.25, -0.2) is 4.39 Å². The van der Waals surface area contributed by atoms with Gasteiger partial charge in [-0.15, -0.1) is 11.8 Å². The third kappa shape index (κ3) is 2.97. The minimum absolute atomic E-state index is 0.106. The topological polar surface area (TPSA) is 54.8 Å². The van der Waals surface area contributed by atoms with Gasteiger partial charge in [-0.2, -0.15) is 0 Å². The molecule has 8 rings (SSSR count). The third-order valence-corrected chi connectivity index (χ3v) is 10.3. The Bertz CT molecular complexity index is 1520. The molecule has 1 amide bonds. The van der Waals surface area contributed by atoms with Gasteiger partial charge in [-0.05, 0) is 48.9 Å². The van der Waals surface area contributed by atoms with Crippen molar-refractivity contribution >= 4 is 17.7 Å². The highest BCUT2D eigenvalue weighted by Gasteiger charge is 2.63. The van der Waals surface area contributed by atoms with E-state index in [4.69, 9.17) is 4.74 Å². The number of ether oxygens (including phenoxy) is 1. The molecule has 6 nitrogen and oxygen atoms in total. The number of amides is 1. The molecule has 188 valence electrons. The second-order valence-electron chi connectivity index (χ2n) is 10.9. The number of aromatic nitrogens is 1. The van der Waals surface area contributed by atoms with Crippen molar-refractivity contribution in [3.05, 3.63) is 99.2 Å². The molecular formula is C29H26FN3O3S. The highest BCUT2D eigenvalue weighted by Crippen LogP contribution is 2.56. The summed E-state index contributed by atoms with van der Waals surface area (Å²) in [7, 11) is 0. The Hall–Kier alpha value is -3.10. The molecule has 5 aliphatic rings. The minimum atomic E-state index is -0.474. The van der Waals surface area contributed by atoms with Crippen molar-refractivity contribution in [3.8, 4) is 0 Å². The van der Waals surface area contributed by atoms with Crippen LogP contribution in [0.2, 0.25) is 0 Å². The van der Waals surface area contributed by atoms with Crippen LogP contribution in [0.3, 0.4) is 0 Å². The highest BCUT2D eigenvalue weighted by molar-refractivity contribution is 7.98. The predicted octanol–water partition coefficient (Wildman–Crippen LogP) is 4.44. The van der Waals surface area contributed by atoms with Gasteiger partial charge in [-0.1, -0.05) is 30.3 Å². The van der Waals surface area contributed by atoms with E-state index in [0.717, 1.165) is 41.7 Å². The summed E-state index contributed by atoms with van der Waals surface area (Å²) < 4.78 is 24.3. The molecule has 3 fully saturated rings. The number of hydrogen-bond donors (Lipinski definition) is 0. The quantitative estimate of drug-likeness (QED) is 0.480. The molecule has 8 heteroatoms. The lowest BCUT2D eigenvalue weighted by Gasteiger charge is -2.57. The van der Waals surface area contributed by atoms with E-state index in [-0.39, 0.29) is 40.9 Å². The standard InChI is InChI=1S/C29H26FN3O3S/c30-22-6-3-4-17-16-37-24-7-2-1-5-20(24)26(25(17)22)33-27-21-15-19-8-10-29(21,36-19)11-13-31(27)28(35)23-14-18(34)9-12-32(23)33/h1-7,9,12,14,19,21,26-27H,8,10-11,13,15-16H2/t19-,21+,26+,27+,29-/m0/s1. The molecule has 0 N–H and O–H groups in total. The average molecular weight is 516 g/mol. The summed E-state index contributed by atoms with van der Waals surface area (Å²) in [5, 5.41) is 2.19. The second kappa shape index (κ2) is 7.71. The van der Waals surface area contributed by atoms with E-state index >= 15 is 4.39 Å². The van der Waals surface area contributed by atoms with Crippen LogP contribution in [0.5, 0.6) is 0 Å². The summed E-state index contributed by atoms with van der Waals surface area (Å²) in [6.45, 7) is 0.555. The molecule has 5 aliphatic heterocycles. The Morgan fingerprint density at radius 3 is 2.84 bits per heavy atom. The van der Waals surface area contributed by atoms with Crippen molar-refractivity contribution in [2.24, 2.45) is 5.92 Å². The number of thioether (sulfide) groups is 1. The molecular weight excluding hydrogens is 489 g/mol. The highest BCUT2D eigenvalue weighted by atomic mass is 32.2. The number of halogens is 1. The zero-order valence-corrected chi connectivity index (χ0v) is 21.0. The maximum Gasteiger partial charge on any atom is 0.274 e. The minimum Gasteiger partial charge on any atom is -0.371 e. The van der Waals surface area contributed by atoms with Crippen LogP contribution in [0.4, 0.5) is 4.39 Å². The normalized spacial score (nSPS) is 31.2. The van der Waals surface area contributed by atoms with Crippen LogP contribution in [-0.2, 0) is 10.5 Å². The van der Waals surface area contributed by atoms with Crippen LogP contribution in [0.1, 0.15) is 58.9 Å². The van der Waals surface area contributed by atoms with Crippen LogP contribution >= 0.6 is 11.8 Å². The summed E-state index contributed by atoms with van der Waals surface area (Å²) in [5.74, 6) is 0.383. The molecule has 0 radical (unpaired) electrons. The number of hydrogen-bond acceptors (Lipinski definition) is 5. The molecule has 3 aromatic rings. The monoisotopic (exact) mass is 515 g/mol. The summed E-state index contributed by atoms with van der Waals surface area (Å²) in [4.78, 5) is 29.3. The fourth-order valence-electron chi connectivity index (χ4n) is 7.59. The molecule has 2 aromatic carbocycles. The van der Waals surface area contributed by atoms with E-state index in [1.165, 1.54) is 18.2 Å². The molecule has 1 aromatic heterocycles. The fraction of sp³-hybridized carbons (Fsp3) is 0.379. The third-order valence-electron chi connectivity index (χ3n) is 9.12. The molecule has 5 atom stereocenters. The van der Waals surface area contributed by atoms with E-state index in [1.807, 2.05) is 27.8 Å². The Morgan fingerprint density at radius 2 is 1.95 bits per heavy atom. The average Bonchev–Trinajstić information content (AvgIpc) is 3.44. The number of nitrogens with zero attached hydrogens (tertiary/aromatic N) is 3. The van der Waals surface area contributed by atoms with Crippen molar-refractivity contribution in [3.63, 3.8) is 0 Å². The van der Waals surface area contributed by atoms with Crippen molar-refractivity contribution in [1.29, 1.82) is 0 Å². The smallest absolute Gasteiger partial charge is 0.274 e. The van der Waals surface area contributed by atoms with Gasteiger partial charge in [0.25, 0.3) is 5.91 Å². The van der Waals surface area contributed by atoms with Crippen LogP contribution in [0, 0.1) is 11.7 Å². The Labute approximate surface area is 218 Å². The summed E-state index contributed by atoms with van der Waals surface area (Å²) in [5.41, 5.74) is 2.47. The molecule has 37 heavy (non-hydrogen) atoms. The Balaban J connectivity index is 1.42. The van der Waals surface area contributed by atoms with Gasteiger partial charge in [0.05, 0.1) is 11.7 Å². The molecule has 0 unspecified atom stereocenters. The molecule has 6 heterocycles. The van der Waals surface area contributed by atoms with Gasteiger partial charge in [0.1, 0.15) is 23.7 Å². The van der Waals surface area contributed by atoms with Crippen LogP contribution in [0.25, 0.3) is 0 Å². The number of piperidine rings is 1. The van der Waals surface area contributed by atoms with Crippen molar-refractivity contribution < 1.29 is 13.9 Å². The summed E-state index contributed by atoms with van der Waals surface area (Å²) in [6, 6.07) is 16.0. The maximum absolute atomic E-state index is 15.9. The summed E-state index contributed by atoms with van der Waals surface area (Å²) in [6.07, 6.45) is 5.32. The number of benzene rings is 2. The second-order valence-corrected chi connectivity index (χ2v) is 11.9. The van der Waals surface area contributed by atoms with Crippen LogP contribution in [-0.4, -0.2) is 39.9 Å². The van der Waals surface area contributed by atoms with Gasteiger partial charge in [-0.3, -0.25) is 19.3 Å². The SMILES string of the molecule is O=C1c2cc(=O)ccn2N([C@@H]2c3ccccc3SCc3cccc(F)c32)[C@@H]2[C@H]3C[C@@H]4CC[C@@]3(CCN12)O4. The first-order valence-electron chi connectivity index (χ1n) is 13.0. The number of fused-ring (bicyclic) bond motifs is 6. The van der Waals surface area contributed by atoms with E-state index in [1.54, 1.807) is 24.0 Å². The number of carbonyl (C=O) groups is 1. The van der Waals surface area contributed by atoms with Gasteiger partial charge in [0, 0.05) is 47.0 Å². The van der Waals surface area contributed by atoms with Crippen molar-refractivity contribution in [1.82, 2.24) is 9.58 Å². The number of pyridine rings is 1. The van der Waals surface area contributed by atoms with E-state index in [9.17, 15) is 9.59 Å². The van der Waals surface area contributed by atoms with Crippen molar-refractivity contribution in [2.75, 3.05) is 11.6 Å². The zero-order chi connectivity index (χ0) is 24.9. The molecule has 0 aliphatic carbocycles. The lowest BCUT2D eigenvalue weighted by atomic mass is 9.71. The van der Waals surface area contributed by atoms with Crippen LogP contribution in [0.15, 0.2) is 70.5 Å². The Morgan fingerprint density at radius 1 is 1.05 bits per heavy atom. The summed E-state index contributed by atoms with van der Waals surface area (Å²) >= 11 is 1.71. The Kier molecular flexibility index (Phi) is 4.57. The van der Waals surface area contributed by atoms with Crippen LogP contribution < -0.4 is 10.4 Å². The molecule has 3 saturated heterocycles. The molecule has 1 spiro atoms. The predicted molar refractivity (Wildman–Crippen MR) is 138 cm³/mol. The van der Waals surface area contributed by atoms with Gasteiger partial charge < -0.3 is 9.64 Å². The molecule has 0 saturated carbocycles. The lowest BCUT2D eigenvalue weighted by Crippen LogP contribution is -2.70. The van der Waals surface area contributed by atoms with E-state index in [2.05, 4.69) is 17.1 Å². The van der Waals surface area contributed by atoms with Crippen molar-refractivity contribution in [2.45, 2.75) is 60.2 Å². The maximum atomic E-state index is 15.9. The first-order chi connectivity index (χ1) is 18.0. The van der Waals surface area contributed by atoms with Gasteiger partial charge in [0.15, 0.2) is 5.43 Å². The van der Waals surface area contributed by atoms with E-state index in [0.29, 0.717) is 23.6 Å². The van der Waals surface area contributed by atoms with E-state index < -0.39 is 6.04 Å². The van der Waals surface area contributed by atoms with Gasteiger partial charge in [0.2, 0.25) is 0 Å². The number of carbonyl (C=O) groups excluding carboxylic acids is 1. The fourth-order valence-corrected chi connectivity index (χ4v) is 8.67. The zero-order valence-electron chi connectivity index (χ0n) is 20.2. The first kappa shape index (κ1) is 21.9. The number of rotatable bonds is 1. The first-order valence-corrected chi connectivity index (χ1v) is 14.0. The van der Waals surface area contributed by atoms with Gasteiger partial charge >= 0.3 is 0 Å². The molecule has 2 bridgehead atoms. The largest absolute Gasteiger partial charge is 0.371 e. The lowest BCUT2D eigenvalue weighted by molar-refractivity contribution is -0.0755.